The number of allylic oxidation sites excluding steroid dienone is 1. The Morgan fingerprint density at radius 1 is 1.03 bits per heavy atom. The van der Waals surface area contributed by atoms with Gasteiger partial charge in [0.25, 0.3) is 0 Å². The number of hydrogen-bond donors (Lipinski definition) is 1. The van der Waals surface area contributed by atoms with Crippen molar-refractivity contribution in [2.24, 2.45) is 0 Å². The number of benzene rings is 2. The van der Waals surface area contributed by atoms with Crippen LogP contribution >= 0.6 is 0 Å². The first-order valence-electron chi connectivity index (χ1n) is 9.81. The molecule has 0 saturated carbocycles. The Morgan fingerprint density at radius 3 is 2.33 bits per heavy atom. The second-order valence-corrected chi connectivity index (χ2v) is 7.33. The van der Waals surface area contributed by atoms with Crippen molar-refractivity contribution in [1.82, 2.24) is 0 Å². The van der Waals surface area contributed by atoms with E-state index in [0.29, 0.717) is 23.6 Å². The van der Waals surface area contributed by atoms with Crippen LogP contribution in [0, 0.1) is 0 Å². The van der Waals surface area contributed by atoms with Crippen LogP contribution in [-0.2, 0) is 10.2 Å². The van der Waals surface area contributed by atoms with Crippen LogP contribution in [0.4, 0.5) is 5.69 Å². The molecule has 0 aliphatic heterocycles. The molecular formula is C25H25NO4. The molecule has 30 heavy (non-hydrogen) atoms. The third kappa shape index (κ3) is 5.06. The standard InChI is InChI=1S/C25H25NO4/c1-4-29-22-13-9-19(10-14-22)25(2,3)24(28)26-20-11-7-18(8-12-20)23(27)16-15-21-6-5-17-30-21/h5-17H,4H2,1-3H3,(H,26,28). The highest BCUT2D eigenvalue weighted by molar-refractivity contribution is 6.07. The van der Waals surface area contributed by atoms with Crippen LogP contribution in [0.3, 0.4) is 0 Å². The van der Waals surface area contributed by atoms with E-state index in [0.717, 1.165) is 11.3 Å². The summed E-state index contributed by atoms with van der Waals surface area (Å²) in [6.45, 7) is 6.27. The van der Waals surface area contributed by atoms with Crippen LogP contribution in [0.5, 0.6) is 5.75 Å². The molecular weight excluding hydrogens is 378 g/mol. The highest BCUT2D eigenvalue weighted by Gasteiger charge is 2.29. The van der Waals surface area contributed by atoms with Gasteiger partial charge in [0.05, 0.1) is 18.3 Å². The zero-order chi connectivity index (χ0) is 21.6. The van der Waals surface area contributed by atoms with Crippen molar-refractivity contribution in [3.8, 4) is 5.75 Å². The molecule has 0 saturated heterocycles. The number of nitrogens with one attached hydrogen (secondary N) is 1. The third-order valence-corrected chi connectivity index (χ3v) is 4.82. The number of carbonyl (C=O) groups is 2. The lowest BCUT2D eigenvalue weighted by Crippen LogP contribution is -2.34. The number of amides is 1. The number of hydrogen-bond acceptors (Lipinski definition) is 4. The lowest BCUT2D eigenvalue weighted by atomic mass is 9.83. The number of furan rings is 1. The number of ketones is 1. The molecule has 1 N–H and O–H groups in total. The van der Waals surface area contributed by atoms with Gasteiger partial charge in [-0.1, -0.05) is 12.1 Å². The number of anilines is 1. The van der Waals surface area contributed by atoms with Gasteiger partial charge in [0.2, 0.25) is 5.91 Å². The maximum Gasteiger partial charge on any atom is 0.234 e. The van der Waals surface area contributed by atoms with Crippen molar-refractivity contribution in [3.63, 3.8) is 0 Å². The van der Waals surface area contributed by atoms with Gasteiger partial charge in [0.1, 0.15) is 11.5 Å². The van der Waals surface area contributed by atoms with E-state index >= 15 is 0 Å². The van der Waals surface area contributed by atoms with E-state index in [4.69, 9.17) is 9.15 Å². The van der Waals surface area contributed by atoms with Gasteiger partial charge in [-0.25, -0.2) is 0 Å². The minimum absolute atomic E-state index is 0.136. The fourth-order valence-corrected chi connectivity index (χ4v) is 2.91. The summed E-state index contributed by atoms with van der Waals surface area (Å²) in [6.07, 6.45) is 4.63. The van der Waals surface area contributed by atoms with Crippen LogP contribution in [0.1, 0.15) is 42.5 Å². The van der Waals surface area contributed by atoms with Gasteiger partial charge >= 0.3 is 0 Å². The van der Waals surface area contributed by atoms with E-state index < -0.39 is 5.41 Å². The Labute approximate surface area is 176 Å². The van der Waals surface area contributed by atoms with Crippen molar-refractivity contribution in [3.05, 3.63) is 89.9 Å². The zero-order valence-electron chi connectivity index (χ0n) is 17.3. The zero-order valence-corrected chi connectivity index (χ0v) is 17.3. The van der Waals surface area contributed by atoms with Crippen molar-refractivity contribution in [1.29, 1.82) is 0 Å². The SMILES string of the molecule is CCOc1ccc(C(C)(C)C(=O)Nc2ccc(C(=O)C=Cc3ccco3)cc2)cc1. The minimum atomic E-state index is -0.731. The van der Waals surface area contributed by atoms with E-state index in [1.54, 1.807) is 48.7 Å². The van der Waals surface area contributed by atoms with Crippen LogP contribution in [0.25, 0.3) is 6.08 Å². The summed E-state index contributed by atoms with van der Waals surface area (Å²) < 4.78 is 10.6. The molecule has 5 heteroatoms. The van der Waals surface area contributed by atoms with Gasteiger partial charge in [-0.15, -0.1) is 0 Å². The predicted octanol–water partition coefficient (Wildman–Crippen LogP) is 5.49. The van der Waals surface area contributed by atoms with E-state index in [9.17, 15) is 9.59 Å². The normalized spacial score (nSPS) is 11.4. The Balaban J connectivity index is 1.65. The largest absolute Gasteiger partial charge is 0.494 e. The number of carbonyl (C=O) groups excluding carboxylic acids is 2. The van der Waals surface area contributed by atoms with Crippen LogP contribution in [0.2, 0.25) is 0 Å². The molecule has 1 aromatic heterocycles. The quantitative estimate of drug-likeness (QED) is 0.399. The molecule has 0 atom stereocenters. The van der Waals surface area contributed by atoms with Crippen molar-refractivity contribution < 1.29 is 18.7 Å². The van der Waals surface area contributed by atoms with Crippen LogP contribution in [0.15, 0.2) is 77.4 Å². The summed E-state index contributed by atoms with van der Waals surface area (Å²) in [4.78, 5) is 25.1. The van der Waals surface area contributed by atoms with Gasteiger partial charge in [0, 0.05) is 11.3 Å². The predicted molar refractivity (Wildman–Crippen MR) is 118 cm³/mol. The molecule has 3 aromatic rings. The minimum Gasteiger partial charge on any atom is -0.494 e. The highest BCUT2D eigenvalue weighted by Crippen LogP contribution is 2.27. The first-order valence-corrected chi connectivity index (χ1v) is 9.81. The average molecular weight is 403 g/mol. The second kappa shape index (κ2) is 9.27. The van der Waals surface area contributed by atoms with E-state index in [1.807, 2.05) is 45.0 Å². The lowest BCUT2D eigenvalue weighted by Gasteiger charge is -2.24. The Kier molecular flexibility index (Phi) is 6.52. The molecule has 0 bridgehead atoms. The maximum atomic E-state index is 12.9. The van der Waals surface area contributed by atoms with Crippen molar-refractivity contribution in [2.75, 3.05) is 11.9 Å². The summed E-state index contributed by atoms with van der Waals surface area (Å²) in [5.74, 6) is 1.12. The third-order valence-electron chi connectivity index (χ3n) is 4.82. The molecule has 0 unspecified atom stereocenters. The first-order chi connectivity index (χ1) is 14.4. The maximum absolute atomic E-state index is 12.9. The molecule has 1 heterocycles. The average Bonchev–Trinajstić information content (AvgIpc) is 3.27. The van der Waals surface area contributed by atoms with Crippen LogP contribution in [-0.4, -0.2) is 18.3 Å². The van der Waals surface area contributed by atoms with Crippen molar-refractivity contribution >= 4 is 23.5 Å². The summed E-state index contributed by atoms with van der Waals surface area (Å²) in [6, 6.07) is 17.9. The molecule has 0 fully saturated rings. The summed E-state index contributed by atoms with van der Waals surface area (Å²) in [5, 5.41) is 2.93. The molecule has 154 valence electrons. The van der Waals surface area contributed by atoms with Crippen molar-refractivity contribution in [2.45, 2.75) is 26.2 Å². The summed E-state index contributed by atoms with van der Waals surface area (Å²) in [5.41, 5.74) is 1.32. The first kappa shape index (κ1) is 21.1. The Morgan fingerprint density at radius 2 is 1.73 bits per heavy atom. The molecule has 0 spiro atoms. The summed E-state index contributed by atoms with van der Waals surface area (Å²) in [7, 11) is 0. The molecule has 5 nitrogen and oxygen atoms in total. The molecule has 3 rings (SSSR count). The van der Waals surface area contributed by atoms with Gasteiger partial charge in [-0.05, 0) is 87.0 Å². The lowest BCUT2D eigenvalue weighted by molar-refractivity contribution is -0.120. The fraction of sp³-hybridized carbons (Fsp3) is 0.200. The second-order valence-electron chi connectivity index (χ2n) is 7.33. The smallest absolute Gasteiger partial charge is 0.234 e. The number of ether oxygens (including phenoxy) is 1. The monoisotopic (exact) mass is 403 g/mol. The fourth-order valence-electron chi connectivity index (χ4n) is 2.91. The Hall–Kier alpha value is -3.60. The molecule has 0 radical (unpaired) electrons. The highest BCUT2D eigenvalue weighted by atomic mass is 16.5. The van der Waals surface area contributed by atoms with E-state index in [1.165, 1.54) is 6.08 Å². The summed E-state index contributed by atoms with van der Waals surface area (Å²) >= 11 is 0. The molecule has 0 aliphatic rings. The van der Waals surface area contributed by atoms with Gasteiger partial charge in [0.15, 0.2) is 5.78 Å². The molecule has 0 aliphatic carbocycles. The topological polar surface area (TPSA) is 68.5 Å². The van der Waals surface area contributed by atoms with E-state index in [2.05, 4.69) is 5.32 Å². The van der Waals surface area contributed by atoms with Gasteiger partial charge < -0.3 is 14.5 Å². The van der Waals surface area contributed by atoms with E-state index in [-0.39, 0.29) is 11.7 Å². The van der Waals surface area contributed by atoms with Crippen LogP contribution < -0.4 is 10.1 Å². The molecule has 2 aromatic carbocycles. The Bertz CT molecular complexity index is 1010. The van der Waals surface area contributed by atoms with Gasteiger partial charge in [-0.2, -0.15) is 0 Å². The molecule has 1 amide bonds. The van der Waals surface area contributed by atoms with Gasteiger partial charge in [-0.3, -0.25) is 9.59 Å². The number of rotatable bonds is 8.